The second-order valence-corrected chi connectivity index (χ2v) is 7.63. The average Bonchev–Trinajstić information content (AvgIpc) is 2.46. The first-order valence-electron chi connectivity index (χ1n) is 6.31. The van der Waals surface area contributed by atoms with E-state index in [9.17, 15) is 8.42 Å². The van der Waals surface area contributed by atoms with Crippen molar-refractivity contribution in [3.8, 4) is 0 Å². The largest absolute Gasteiger partial charge is 0.397 e. The summed E-state index contributed by atoms with van der Waals surface area (Å²) >= 11 is 3.30. The number of anilines is 2. The number of rotatable bonds is 5. The number of pyridine rings is 1. The molecular weight excluding hydrogens is 354 g/mol. The van der Waals surface area contributed by atoms with E-state index >= 15 is 0 Å². The highest BCUT2D eigenvalue weighted by Gasteiger charge is 2.20. The van der Waals surface area contributed by atoms with Crippen molar-refractivity contribution in [2.75, 3.05) is 22.8 Å². The van der Waals surface area contributed by atoms with Crippen molar-refractivity contribution in [2.45, 2.75) is 6.42 Å². The van der Waals surface area contributed by atoms with Gasteiger partial charge < -0.3 is 5.73 Å². The lowest BCUT2D eigenvalue weighted by molar-refractivity contribution is 0.593. The number of aromatic nitrogens is 1. The van der Waals surface area contributed by atoms with Crippen LogP contribution in [0.4, 0.5) is 11.4 Å². The van der Waals surface area contributed by atoms with Crippen molar-refractivity contribution in [3.05, 3.63) is 52.8 Å². The Morgan fingerprint density at radius 3 is 2.52 bits per heavy atom. The maximum Gasteiger partial charge on any atom is 0.235 e. The van der Waals surface area contributed by atoms with E-state index in [1.165, 1.54) is 11.4 Å². The van der Waals surface area contributed by atoms with Crippen molar-refractivity contribution in [3.63, 3.8) is 0 Å². The Bertz CT molecular complexity index is 720. The minimum absolute atomic E-state index is 0.0169. The molecule has 0 spiro atoms. The molecular formula is C14H16BrN3O2S. The van der Waals surface area contributed by atoms with Crippen LogP contribution in [0.25, 0.3) is 0 Å². The molecule has 0 bridgehead atoms. The first-order valence-corrected chi connectivity index (χ1v) is 8.71. The van der Waals surface area contributed by atoms with Gasteiger partial charge in [-0.25, -0.2) is 8.42 Å². The van der Waals surface area contributed by atoms with Gasteiger partial charge in [0.15, 0.2) is 0 Å². The lowest BCUT2D eigenvalue weighted by Crippen LogP contribution is -2.30. The molecule has 21 heavy (non-hydrogen) atoms. The molecule has 0 saturated carbocycles. The Kier molecular flexibility index (Phi) is 4.84. The summed E-state index contributed by atoms with van der Waals surface area (Å²) < 4.78 is 26.8. The van der Waals surface area contributed by atoms with Crippen LogP contribution in [0, 0.1) is 0 Å². The molecule has 2 rings (SSSR count). The van der Waals surface area contributed by atoms with E-state index in [2.05, 4.69) is 20.9 Å². The van der Waals surface area contributed by atoms with Gasteiger partial charge in [0.2, 0.25) is 10.0 Å². The summed E-state index contributed by atoms with van der Waals surface area (Å²) in [6.45, 7) is 0. The number of aryl methyl sites for hydroxylation is 1. The normalized spacial score (nSPS) is 11.3. The SMILES string of the molecule is CN(c1ccc(Br)cc1N)S(=O)(=O)CCc1ccncc1. The zero-order chi connectivity index (χ0) is 15.5. The molecule has 1 heterocycles. The molecule has 2 aromatic rings. The topological polar surface area (TPSA) is 76.3 Å². The zero-order valence-electron chi connectivity index (χ0n) is 11.5. The quantitative estimate of drug-likeness (QED) is 0.821. The number of benzene rings is 1. The molecule has 1 aromatic carbocycles. The zero-order valence-corrected chi connectivity index (χ0v) is 13.9. The summed E-state index contributed by atoms with van der Waals surface area (Å²) in [5, 5.41) is 0. The van der Waals surface area contributed by atoms with Crippen LogP contribution in [0.2, 0.25) is 0 Å². The van der Waals surface area contributed by atoms with Crippen LogP contribution < -0.4 is 10.0 Å². The minimum atomic E-state index is -3.43. The molecule has 0 fully saturated rings. The molecule has 0 aliphatic rings. The third-order valence-corrected chi connectivity index (χ3v) is 5.39. The molecule has 0 radical (unpaired) electrons. The van der Waals surface area contributed by atoms with Gasteiger partial charge in [0.1, 0.15) is 0 Å². The maximum atomic E-state index is 12.4. The third-order valence-electron chi connectivity index (χ3n) is 3.14. The van der Waals surface area contributed by atoms with E-state index in [1.807, 2.05) is 12.1 Å². The molecule has 0 aliphatic heterocycles. The lowest BCUT2D eigenvalue weighted by atomic mass is 10.2. The summed E-state index contributed by atoms with van der Waals surface area (Å²) in [7, 11) is -1.91. The van der Waals surface area contributed by atoms with Gasteiger partial charge in [-0.2, -0.15) is 0 Å². The Morgan fingerprint density at radius 2 is 1.90 bits per heavy atom. The predicted octanol–water partition coefficient (Wildman–Crippen LogP) is 2.44. The summed E-state index contributed by atoms with van der Waals surface area (Å²) in [6.07, 6.45) is 3.74. The van der Waals surface area contributed by atoms with Crippen LogP contribution in [-0.4, -0.2) is 26.2 Å². The Hall–Kier alpha value is -1.60. The standard InChI is InChI=1S/C14H16BrN3O2S/c1-18(14-3-2-12(15)10-13(14)16)21(19,20)9-6-11-4-7-17-8-5-11/h2-5,7-8,10H,6,9,16H2,1H3. The fourth-order valence-electron chi connectivity index (χ4n) is 1.90. The summed E-state index contributed by atoms with van der Waals surface area (Å²) in [6, 6.07) is 8.75. The third kappa shape index (κ3) is 3.95. The number of nitrogens with zero attached hydrogens (tertiary/aromatic N) is 2. The summed E-state index contributed by atoms with van der Waals surface area (Å²) in [5.74, 6) is 0.0169. The van der Waals surface area contributed by atoms with Crippen molar-refractivity contribution in [2.24, 2.45) is 0 Å². The number of hydrogen-bond acceptors (Lipinski definition) is 4. The summed E-state index contributed by atoms with van der Waals surface area (Å²) in [4.78, 5) is 3.91. The molecule has 0 saturated heterocycles. The van der Waals surface area contributed by atoms with E-state index in [0.29, 0.717) is 17.8 Å². The molecule has 0 aliphatic carbocycles. The average molecular weight is 370 g/mol. The minimum Gasteiger partial charge on any atom is -0.397 e. The smallest absolute Gasteiger partial charge is 0.235 e. The monoisotopic (exact) mass is 369 g/mol. The van der Waals surface area contributed by atoms with Crippen LogP contribution in [0.15, 0.2) is 47.2 Å². The number of nitrogen functional groups attached to an aromatic ring is 1. The van der Waals surface area contributed by atoms with E-state index in [-0.39, 0.29) is 5.75 Å². The van der Waals surface area contributed by atoms with Gasteiger partial charge in [-0.15, -0.1) is 0 Å². The van der Waals surface area contributed by atoms with Crippen LogP contribution in [0.1, 0.15) is 5.56 Å². The molecule has 2 N–H and O–H groups in total. The van der Waals surface area contributed by atoms with Gasteiger partial charge in [-0.05, 0) is 42.3 Å². The van der Waals surface area contributed by atoms with Gasteiger partial charge in [-0.1, -0.05) is 15.9 Å². The van der Waals surface area contributed by atoms with Gasteiger partial charge in [0, 0.05) is 23.9 Å². The number of sulfonamides is 1. The van der Waals surface area contributed by atoms with Crippen LogP contribution >= 0.6 is 15.9 Å². The van der Waals surface area contributed by atoms with Crippen LogP contribution in [0.3, 0.4) is 0 Å². The highest BCUT2D eigenvalue weighted by molar-refractivity contribution is 9.10. The van der Waals surface area contributed by atoms with Gasteiger partial charge >= 0.3 is 0 Å². The number of nitrogens with two attached hydrogens (primary N) is 1. The highest BCUT2D eigenvalue weighted by Crippen LogP contribution is 2.27. The molecule has 1 aromatic heterocycles. The summed E-state index contributed by atoms with van der Waals surface area (Å²) in [5.41, 5.74) is 7.71. The molecule has 7 heteroatoms. The van der Waals surface area contributed by atoms with Crippen molar-refractivity contribution in [1.29, 1.82) is 0 Å². The van der Waals surface area contributed by atoms with Crippen molar-refractivity contribution in [1.82, 2.24) is 4.98 Å². The molecule has 0 atom stereocenters. The van der Waals surface area contributed by atoms with Gasteiger partial charge in [0.25, 0.3) is 0 Å². The molecule has 112 valence electrons. The van der Waals surface area contributed by atoms with E-state index in [1.54, 1.807) is 30.6 Å². The number of hydrogen-bond donors (Lipinski definition) is 1. The van der Waals surface area contributed by atoms with E-state index in [4.69, 9.17) is 5.73 Å². The first kappa shape index (κ1) is 15.8. The highest BCUT2D eigenvalue weighted by atomic mass is 79.9. The Morgan fingerprint density at radius 1 is 1.24 bits per heavy atom. The Labute approximate surface area is 133 Å². The van der Waals surface area contributed by atoms with E-state index in [0.717, 1.165) is 10.0 Å². The molecule has 5 nitrogen and oxygen atoms in total. The fraction of sp³-hybridized carbons (Fsp3) is 0.214. The molecule has 0 unspecified atom stereocenters. The van der Waals surface area contributed by atoms with Crippen LogP contribution in [0.5, 0.6) is 0 Å². The molecule has 0 amide bonds. The van der Waals surface area contributed by atoms with Gasteiger partial charge in [-0.3, -0.25) is 9.29 Å². The van der Waals surface area contributed by atoms with Gasteiger partial charge in [0.05, 0.1) is 17.1 Å². The van der Waals surface area contributed by atoms with Crippen molar-refractivity contribution < 1.29 is 8.42 Å². The van der Waals surface area contributed by atoms with Crippen LogP contribution in [-0.2, 0) is 16.4 Å². The second kappa shape index (κ2) is 6.44. The lowest BCUT2D eigenvalue weighted by Gasteiger charge is -2.21. The van der Waals surface area contributed by atoms with Crippen molar-refractivity contribution >= 4 is 37.3 Å². The number of halogens is 1. The predicted molar refractivity (Wildman–Crippen MR) is 88.7 cm³/mol. The fourth-order valence-corrected chi connectivity index (χ4v) is 3.51. The second-order valence-electron chi connectivity index (χ2n) is 4.59. The van der Waals surface area contributed by atoms with E-state index < -0.39 is 10.0 Å². The maximum absolute atomic E-state index is 12.4. The Balaban J connectivity index is 2.15. The first-order chi connectivity index (χ1) is 9.90.